The molecular weight excluding hydrogens is 156 g/mol. The number of nitrogens with zero attached hydrogens (tertiary/aromatic N) is 1. The van der Waals surface area contributed by atoms with Gasteiger partial charge in [0.1, 0.15) is 0 Å². The average Bonchev–Trinajstić information content (AvgIpc) is 2.23. The third-order valence-electron chi connectivity index (χ3n) is 2.41. The molecule has 1 fully saturated rings. The quantitative estimate of drug-likeness (QED) is 0.573. The lowest BCUT2D eigenvalue weighted by atomic mass is 10.00. The molecule has 4 heteroatoms. The minimum atomic E-state index is -0.177. The highest BCUT2D eigenvalue weighted by molar-refractivity contribution is 6.04. The van der Waals surface area contributed by atoms with Crippen molar-refractivity contribution >= 4 is 11.8 Å². The number of hydrogen-bond donors (Lipinski definition) is 1. The van der Waals surface area contributed by atoms with Crippen LogP contribution in [-0.2, 0) is 9.59 Å². The van der Waals surface area contributed by atoms with Crippen molar-refractivity contribution in [3.8, 4) is 0 Å². The molecule has 1 unspecified atom stereocenters. The van der Waals surface area contributed by atoms with Crippen molar-refractivity contribution in [1.29, 1.82) is 0 Å². The predicted molar refractivity (Wildman–Crippen MR) is 44.1 cm³/mol. The minimum absolute atomic E-state index is 0.0852. The third kappa shape index (κ3) is 1.22. The second-order valence-electron chi connectivity index (χ2n) is 3.19. The zero-order valence-electron chi connectivity index (χ0n) is 7.41. The van der Waals surface area contributed by atoms with E-state index in [1.807, 2.05) is 0 Å². The number of carbonyl (C=O) groups is 2. The lowest BCUT2D eigenvalue weighted by molar-refractivity contribution is -0.139. The van der Waals surface area contributed by atoms with Gasteiger partial charge in [0.2, 0.25) is 11.8 Å². The van der Waals surface area contributed by atoms with Gasteiger partial charge >= 0.3 is 0 Å². The van der Waals surface area contributed by atoms with Crippen molar-refractivity contribution in [2.75, 3.05) is 13.1 Å². The summed E-state index contributed by atoms with van der Waals surface area (Å²) in [5, 5.41) is 0. The van der Waals surface area contributed by atoms with E-state index in [9.17, 15) is 9.59 Å². The molecule has 4 nitrogen and oxygen atoms in total. The topological polar surface area (TPSA) is 63.4 Å². The first-order chi connectivity index (χ1) is 5.59. The SMILES string of the molecule is CC1C(=O)N(CCN)C(=O)[C@H]1C. The van der Waals surface area contributed by atoms with Crippen LogP contribution in [0.2, 0.25) is 0 Å². The van der Waals surface area contributed by atoms with Gasteiger partial charge in [-0.25, -0.2) is 0 Å². The first-order valence-corrected chi connectivity index (χ1v) is 4.15. The molecule has 12 heavy (non-hydrogen) atoms. The zero-order valence-corrected chi connectivity index (χ0v) is 7.41. The van der Waals surface area contributed by atoms with Gasteiger partial charge in [0.05, 0.1) is 0 Å². The average molecular weight is 170 g/mol. The summed E-state index contributed by atoms with van der Waals surface area (Å²) in [6, 6.07) is 0. The Labute approximate surface area is 71.7 Å². The van der Waals surface area contributed by atoms with Crippen LogP contribution in [0.3, 0.4) is 0 Å². The Morgan fingerprint density at radius 2 is 1.67 bits per heavy atom. The Bertz CT molecular complexity index is 195. The molecule has 2 amide bonds. The molecule has 1 saturated heterocycles. The fourth-order valence-electron chi connectivity index (χ4n) is 1.38. The number of carbonyl (C=O) groups excluding carboxylic acids is 2. The molecule has 0 spiro atoms. The van der Waals surface area contributed by atoms with Crippen molar-refractivity contribution in [3.63, 3.8) is 0 Å². The molecule has 0 aromatic carbocycles. The maximum Gasteiger partial charge on any atom is 0.232 e. The van der Waals surface area contributed by atoms with Crippen LogP contribution in [0.5, 0.6) is 0 Å². The van der Waals surface area contributed by atoms with Crippen LogP contribution in [-0.4, -0.2) is 29.8 Å². The molecular formula is C8H14N2O2. The van der Waals surface area contributed by atoms with Gasteiger partial charge < -0.3 is 5.73 Å². The van der Waals surface area contributed by atoms with E-state index in [0.717, 1.165) is 0 Å². The van der Waals surface area contributed by atoms with Crippen molar-refractivity contribution < 1.29 is 9.59 Å². The summed E-state index contributed by atoms with van der Waals surface area (Å²) in [7, 11) is 0. The van der Waals surface area contributed by atoms with E-state index in [1.54, 1.807) is 13.8 Å². The smallest absolute Gasteiger partial charge is 0.232 e. The second-order valence-corrected chi connectivity index (χ2v) is 3.19. The monoisotopic (exact) mass is 170 g/mol. The van der Waals surface area contributed by atoms with Crippen LogP contribution < -0.4 is 5.73 Å². The van der Waals surface area contributed by atoms with Crippen molar-refractivity contribution in [3.05, 3.63) is 0 Å². The fourth-order valence-corrected chi connectivity index (χ4v) is 1.38. The lowest BCUT2D eigenvalue weighted by Gasteiger charge is -2.11. The fraction of sp³-hybridized carbons (Fsp3) is 0.750. The van der Waals surface area contributed by atoms with Crippen LogP contribution in [0.1, 0.15) is 13.8 Å². The van der Waals surface area contributed by atoms with Crippen LogP contribution in [0.4, 0.5) is 0 Å². The van der Waals surface area contributed by atoms with Gasteiger partial charge in [-0.05, 0) is 0 Å². The molecule has 0 saturated carbocycles. The number of imide groups is 1. The Kier molecular flexibility index (Phi) is 2.47. The van der Waals surface area contributed by atoms with Gasteiger partial charge in [0.15, 0.2) is 0 Å². The normalized spacial score (nSPS) is 30.1. The first-order valence-electron chi connectivity index (χ1n) is 4.15. The number of likely N-dealkylation sites (tertiary alicyclic amines) is 1. The highest BCUT2D eigenvalue weighted by atomic mass is 16.2. The predicted octanol–water partition coefficient (Wildman–Crippen LogP) is -0.414. The Balaban J connectivity index is 2.76. The molecule has 2 N–H and O–H groups in total. The molecule has 1 aliphatic rings. The summed E-state index contributed by atoms with van der Waals surface area (Å²) in [6.07, 6.45) is 0. The molecule has 0 aliphatic carbocycles. The van der Waals surface area contributed by atoms with Gasteiger partial charge in [-0.1, -0.05) is 13.8 Å². The highest BCUT2D eigenvalue weighted by Gasteiger charge is 2.41. The molecule has 0 bridgehead atoms. The van der Waals surface area contributed by atoms with Gasteiger partial charge in [0, 0.05) is 24.9 Å². The minimum Gasteiger partial charge on any atom is -0.329 e. The molecule has 68 valence electrons. The zero-order chi connectivity index (χ0) is 9.30. The molecule has 0 aromatic rings. The van der Waals surface area contributed by atoms with Crippen molar-refractivity contribution in [1.82, 2.24) is 4.90 Å². The largest absolute Gasteiger partial charge is 0.329 e. The van der Waals surface area contributed by atoms with Gasteiger partial charge in [-0.3, -0.25) is 14.5 Å². The van der Waals surface area contributed by atoms with Crippen molar-refractivity contribution in [2.45, 2.75) is 13.8 Å². The number of hydrogen-bond acceptors (Lipinski definition) is 3. The molecule has 2 atom stereocenters. The van der Waals surface area contributed by atoms with E-state index in [4.69, 9.17) is 5.73 Å². The van der Waals surface area contributed by atoms with E-state index in [1.165, 1.54) is 4.90 Å². The van der Waals surface area contributed by atoms with Crippen LogP contribution >= 0.6 is 0 Å². The molecule has 1 aliphatic heterocycles. The van der Waals surface area contributed by atoms with E-state index >= 15 is 0 Å². The summed E-state index contributed by atoms with van der Waals surface area (Å²) in [5.41, 5.74) is 5.28. The molecule has 1 heterocycles. The maximum absolute atomic E-state index is 11.4. The van der Waals surface area contributed by atoms with E-state index < -0.39 is 0 Å². The molecule has 0 aromatic heterocycles. The van der Waals surface area contributed by atoms with E-state index in [0.29, 0.717) is 13.1 Å². The van der Waals surface area contributed by atoms with Gasteiger partial charge in [-0.2, -0.15) is 0 Å². The summed E-state index contributed by atoms with van der Waals surface area (Å²) in [6.45, 7) is 4.26. The summed E-state index contributed by atoms with van der Waals surface area (Å²) >= 11 is 0. The number of rotatable bonds is 2. The molecule has 0 radical (unpaired) electrons. The number of amides is 2. The lowest BCUT2D eigenvalue weighted by Crippen LogP contribution is -2.35. The Hall–Kier alpha value is -0.900. The standard InChI is InChI=1S/C8H14N2O2/c1-5-6(2)8(12)10(4-3-9)7(5)11/h5-6H,3-4,9H2,1-2H3/t5-,6?/m0/s1. The first kappa shape index (κ1) is 9.19. The van der Waals surface area contributed by atoms with E-state index in [2.05, 4.69) is 0 Å². The summed E-state index contributed by atoms with van der Waals surface area (Å²) in [5.74, 6) is -0.524. The van der Waals surface area contributed by atoms with Gasteiger partial charge in [-0.15, -0.1) is 0 Å². The maximum atomic E-state index is 11.4. The van der Waals surface area contributed by atoms with Gasteiger partial charge in [0.25, 0.3) is 0 Å². The Morgan fingerprint density at radius 1 is 1.25 bits per heavy atom. The van der Waals surface area contributed by atoms with Crippen LogP contribution in [0.25, 0.3) is 0 Å². The Morgan fingerprint density at radius 3 is 2.00 bits per heavy atom. The summed E-state index contributed by atoms with van der Waals surface area (Å²) < 4.78 is 0. The highest BCUT2D eigenvalue weighted by Crippen LogP contribution is 2.24. The molecule has 1 rings (SSSR count). The summed E-state index contributed by atoms with van der Waals surface area (Å²) in [4.78, 5) is 24.0. The van der Waals surface area contributed by atoms with Crippen molar-refractivity contribution in [2.24, 2.45) is 17.6 Å². The van der Waals surface area contributed by atoms with Crippen LogP contribution in [0, 0.1) is 11.8 Å². The van der Waals surface area contributed by atoms with E-state index in [-0.39, 0.29) is 23.7 Å². The number of nitrogens with two attached hydrogens (primary N) is 1. The van der Waals surface area contributed by atoms with Crippen LogP contribution in [0.15, 0.2) is 0 Å². The third-order valence-corrected chi connectivity index (χ3v) is 2.41. The second kappa shape index (κ2) is 3.23.